The minimum absolute atomic E-state index is 0.0146. The van der Waals surface area contributed by atoms with Crippen LogP contribution >= 0.6 is 0 Å². The van der Waals surface area contributed by atoms with Gasteiger partial charge in [0.1, 0.15) is 5.75 Å². The minimum Gasteiger partial charge on any atom is -0.406 e. The first-order valence-electron chi connectivity index (χ1n) is 4.79. The average molecular weight is 250 g/mol. The van der Waals surface area contributed by atoms with Crippen LogP contribution in [0.2, 0.25) is 0 Å². The molecule has 0 aliphatic rings. The summed E-state index contributed by atoms with van der Waals surface area (Å²) in [4.78, 5) is 11.0. The van der Waals surface area contributed by atoms with Gasteiger partial charge in [0.2, 0.25) is 0 Å². The summed E-state index contributed by atoms with van der Waals surface area (Å²) in [5.74, 6) is 3.66. The minimum atomic E-state index is -4.78. The molecule has 0 saturated heterocycles. The second kappa shape index (κ2) is 6.74. The lowest BCUT2D eigenvalue weighted by Gasteiger charge is -2.09. The summed E-state index contributed by atoms with van der Waals surface area (Å²) >= 11 is 0. The fourth-order valence-corrected chi connectivity index (χ4v) is 0.918. The van der Waals surface area contributed by atoms with Crippen LogP contribution in [0.1, 0.15) is 24.2 Å². The van der Waals surface area contributed by atoms with Gasteiger partial charge in [0.25, 0.3) is 5.91 Å². The van der Waals surface area contributed by atoms with Crippen LogP contribution in [-0.2, 0) is 0 Å². The second-order valence-electron chi connectivity index (χ2n) is 2.55. The zero-order valence-corrected chi connectivity index (χ0v) is 9.34. The third kappa shape index (κ3) is 5.76. The predicted molar refractivity (Wildman–Crippen MR) is 56.1 cm³/mol. The molecule has 1 amide bonds. The fourth-order valence-electron chi connectivity index (χ4n) is 0.918. The predicted octanol–water partition coefficient (Wildman–Crippen LogP) is 2.21. The molecule has 1 aromatic carbocycles. The Labute approximate surface area is 96.5 Å². The highest BCUT2D eigenvalue weighted by Crippen LogP contribution is 2.23. The van der Waals surface area contributed by atoms with Gasteiger partial charge in [0.05, 0.1) is 0 Å². The first kappa shape index (κ1) is 15.2. The van der Waals surface area contributed by atoms with E-state index in [1.165, 1.54) is 12.1 Å². The van der Waals surface area contributed by atoms with Crippen molar-refractivity contribution in [3.63, 3.8) is 0 Å². The van der Waals surface area contributed by atoms with E-state index in [1.807, 2.05) is 13.8 Å². The number of carbonyl (C=O) groups is 1. The number of rotatable bonds is 2. The quantitative estimate of drug-likeness (QED) is 0.480. The highest BCUT2D eigenvalue weighted by atomic mass is 19.4. The first-order valence-corrected chi connectivity index (χ1v) is 4.79. The molecule has 1 aromatic rings. The molecule has 0 atom stereocenters. The Morgan fingerprint density at radius 2 is 1.94 bits per heavy atom. The van der Waals surface area contributed by atoms with Crippen molar-refractivity contribution >= 4 is 5.91 Å². The Morgan fingerprint density at radius 3 is 2.41 bits per heavy atom. The van der Waals surface area contributed by atoms with Crippen LogP contribution in [0.4, 0.5) is 13.2 Å². The van der Waals surface area contributed by atoms with Crippen molar-refractivity contribution < 1.29 is 22.7 Å². The zero-order chi connectivity index (χ0) is 13.5. The topological polar surface area (TPSA) is 64.3 Å². The van der Waals surface area contributed by atoms with E-state index in [9.17, 15) is 18.0 Å². The number of hydrogen-bond acceptors (Lipinski definition) is 3. The van der Waals surface area contributed by atoms with Crippen LogP contribution < -0.4 is 16.0 Å². The van der Waals surface area contributed by atoms with Crippen LogP contribution in [-0.4, -0.2) is 12.3 Å². The molecule has 3 N–H and O–H groups in total. The van der Waals surface area contributed by atoms with Gasteiger partial charge in [-0.15, -0.1) is 13.2 Å². The Bertz CT molecular complexity index is 367. The molecule has 4 nitrogen and oxygen atoms in total. The van der Waals surface area contributed by atoms with Crippen molar-refractivity contribution in [1.82, 2.24) is 5.43 Å². The molecule has 0 bridgehead atoms. The molecule has 0 aliphatic carbocycles. The van der Waals surface area contributed by atoms with E-state index in [4.69, 9.17) is 5.84 Å². The van der Waals surface area contributed by atoms with Gasteiger partial charge in [0.15, 0.2) is 0 Å². The number of ether oxygens (including phenoxy) is 1. The Kier molecular flexibility index (Phi) is 6.05. The molecule has 0 radical (unpaired) electrons. The van der Waals surface area contributed by atoms with Gasteiger partial charge in [-0.1, -0.05) is 19.9 Å². The van der Waals surface area contributed by atoms with E-state index < -0.39 is 18.0 Å². The lowest BCUT2D eigenvalue weighted by molar-refractivity contribution is -0.274. The average Bonchev–Trinajstić information content (AvgIpc) is 2.29. The van der Waals surface area contributed by atoms with Gasteiger partial charge < -0.3 is 4.74 Å². The third-order valence-electron chi connectivity index (χ3n) is 1.46. The van der Waals surface area contributed by atoms with Gasteiger partial charge in [-0.05, 0) is 18.2 Å². The molecule has 0 aromatic heterocycles. The van der Waals surface area contributed by atoms with E-state index in [0.29, 0.717) is 0 Å². The number of carbonyl (C=O) groups excluding carboxylic acids is 1. The van der Waals surface area contributed by atoms with E-state index in [2.05, 4.69) is 4.74 Å². The molecule has 96 valence electrons. The summed E-state index contributed by atoms with van der Waals surface area (Å²) in [7, 11) is 0. The summed E-state index contributed by atoms with van der Waals surface area (Å²) in [6, 6.07) is 4.59. The molecule has 0 aliphatic heterocycles. The normalized spacial score (nSPS) is 10.0. The van der Waals surface area contributed by atoms with Gasteiger partial charge >= 0.3 is 6.36 Å². The molecule has 0 fully saturated rings. The maximum atomic E-state index is 11.8. The molecule has 0 heterocycles. The largest absolute Gasteiger partial charge is 0.573 e. The first-order chi connectivity index (χ1) is 7.92. The van der Waals surface area contributed by atoms with Gasteiger partial charge in [0, 0.05) is 5.56 Å². The molecule has 0 unspecified atom stereocenters. The maximum absolute atomic E-state index is 11.8. The number of nitrogen functional groups attached to an aromatic ring is 1. The van der Waals surface area contributed by atoms with Crippen LogP contribution in [0, 0.1) is 0 Å². The van der Waals surface area contributed by atoms with E-state index >= 15 is 0 Å². The number of halogens is 3. The lowest BCUT2D eigenvalue weighted by Crippen LogP contribution is -2.30. The van der Waals surface area contributed by atoms with Crippen molar-refractivity contribution in [3.8, 4) is 5.75 Å². The summed E-state index contributed by atoms with van der Waals surface area (Å²) < 4.78 is 39.0. The van der Waals surface area contributed by atoms with Crippen LogP contribution in [0.25, 0.3) is 0 Å². The van der Waals surface area contributed by atoms with Gasteiger partial charge in [-0.25, -0.2) is 5.84 Å². The summed E-state index contributed by atoms with van der Waals surface area (Å²) in [6.07, 6.45) is -4.78. The number of hydrazine groups is 1. The standard InChI is InChI=1S/C8H7F3N2O2.C2H6/c9-8(10,11)15-6-3-1-2-5(4-6)7(14)13-12;1-2/h1-4H,12H2,(H,13,14);1-2H3. The second-order valence-corrected chi connectivity index (χ2v) is 2.55. The highest BCUT2D eigenvalue weighted by Gasteiger charge is 2.31. The number of amides is 1. The number of hydrogen-bond donors (Lipinski definition) is 2. The summed E-state index contributed by atoms with van der Waals surface area (Å²) in [6.45, 7) is 4.00. The Hall–Kier alpha value is -1.76. The zero-order valence-electron chi connectivity index (χ0n) is 9.34. The Morgan fingerprint density at radius 1 is 1.35 bits per heavy atom. The maximum Gasteiger partial charge on any atom is 0.573 e. The van der Waals surface area contributed by atoms with Crippen LogP contribution in [0.5, 0.6) is 5.75 Å². The SMILES string of the molecule is CC.NNC(=O)c1cccc(OC(F)(F)F)c1. The lowest BCUT2D eigenvalue weighted by atomic mass is 10.2. The van der Waals surface area contributed by atoms with Crippen molar-refractivity contribution in [1.29, 1.82) is 0 Å². The van der Waals surface area contributed by atoms with Crippen LogP contribution in [0.3, 0.4) is 0 Å². The van der Waals surface area contributed by atoms with E-state index in [0.717, 1.165) is 12.1 Å². The molecule has 0 spiro atoms. The van der Waals surface area contributed by atoms with E-state index in [-0.39, 0.29) is 5.56 Å². The number of alkyl halides is 3. The number of nitrogens with one attached hydrogen (secondary N) is 1. The van der Waals surface area contributed by atoms with Crippen LogP contribution in [0.15, 0.2) is 24.3 Å². The fraction of sp³-hybridized carbons (Fsp3) is 0.300. The van der Waals surface area contributed by atoms with Gasteiger partial charge in [-0.3, -0.25) is 10.2 Å². The molecule has 17 heavy (non-hydrogen) atoms. The molecule has 1 rings (SSSR count). The molecule has 0 saturated carbocycles. The monoisotopic (exact) mass is 250 g/mol. The summed E-state index contributed by atoms with van der Waals surface area (Å²) in [5, 5.41) is 0. The molecular weight excluding hydrogens is 237 g/mol. The van der Waals surface area contributed by atoms with Gasteiger partial charge in [-0.2, -0.15) is 0 Å². The van der Waals surface area contributed by atoms with Crippen molar-refractivity contribution in [3.05, 3.63) is 29.8 Å². The van der Waals surface area contributed by atoms with Crippen molar-refractivity contribution in [2.45, 2.75) is 20.2 Å². The molecular formula is C10H13F3N2O2. The highest BCUT2D eigenvalue weighted by molar-refractivity contribution is 5.94. The smallest absolute Gasteiger partial charge is 0.406 e. The molecule has 7 heteroatoms. The Balaban J connectivity index is 0.00000121. The number of nitrogens with two attached hydrogens (primary N) is 1. The van der Waals surface area contributed by atoms with Crippen molar-refractivity contribution in [2.24, 2.45) is 5.84 Å². The summed E-state index contributed by atoms with van der Waals surface area (Å²) in [5.41, 5.74) is 1.78. The third-order valence-corrected chi connectivity index (χ3v) is 1.46. The number of benzene rings is 1. The van der Waals surface area contributed by atoms with Crippen molar-refractivity contribution in [2.75, 3.05) is 0 Å². The van der Waals surface area contributed by atoms with E-state index in [1.54, 1.807) is 5.43 Å².